The Labute approximate surface area is 105 Å². The van der Waals surface area contributed by atoms with Crippen LogP contribution in [0.25, 0.3) is 0 Å². The Morgan fingerprint density at radius 2 is 2.06 bits per heavy atom. The number of imide groups is 1. The van der Waals surface area contributed by atoms with E-state index in [1.165, 1.54) is 0 Å². The number of carbonyl (C=O) groups is 3. The van der Waals surface area contributed by atoms with Gasteiger partial charge in [0.2, 0.25) is 0 Å². The van der Waals surface area contributed by atoms with Crippen molar-refractivity contribution in [3.05, 3.63) is 0 Å². The molecule has 2 N–H and O–H groups in total. The van der Waals surface area contributed by atoms with Gasteiger partial charge in [-0.3, -0.25) is 10.1 Å². The van der Waals surface area contributed by atoms with Gasteiger partial charge < -0.3 is 14.7 Å². The first-order valence-corrected chi connectivity index (χ1v) is 5.90. The van der Waals surface area contributed by atoms with Crippen molar-refractivity contribution in [2.75, 3.05) is 19.8 Å². The highest BCUT2D eigenvalue weighted by atomic mass is 16.5. The summed E-state index contributed by atoms with van der Waals surface area (Å²) >= 11 is 0. The van der Waals surface area contributed by atoms with Crippen molar-refractivity contribution >= 4 is 17.9 Å². The Morgan fingerprint density at radius 3 is 2.67 bits per heavy atom. The van der Waals surface area contributed by atoms with Gasteiger partial charge in [0.05, 0.1) is 0 Å². The SMILES string of the molecule is CC1CCCCN1C(=O)NC(=O)COCC(=O)O. The molecule has 1 aliphatic heterocycles. The monoisotopic (exact) mass is 258 g/mol. The van der Waals surface area contributed by atoms with E-state index in [2.05, 4.69) is 10.1 Å². The van der Waals surface area contributed by atoms with Crippen LogP contribution in [0.2, 0.25) is 0 Å². The Balaban J connectivity index is 2.30. The van der Waals surface area contributed by atoms with Crippen molar-refractivity contribution in [2.24, 2.45) is 0 Å². The quantitative estimate of drug-likeness (QED) is 0.750. The summed E-state index contributed by atoms with van der Waals surface area (Å²) in [6, 6.07) is -0.322. The minimum Gasteiger partial charge on any atom is -0.480 e. The van der Waals surface area contributed by atoms with Crippen molar-refractivity contribution in [1.82, 2.24) is 10.2 Å². The van der Waals surface area contributed by atoms with E-state index in [-0.39, 0.29) is 6.04 Å². The number of urea groups is 1. The Hall–Kier alpha value is -1.63. The molecule has 0 aromatic heterocycles. The summed E-state index contributed by atoms with van der Waals surface area (Å²) in [5.41, 5.74) is 0. The topological polar surface area (TPSA) is 95.9 Å². The minimum atomic E-state index is -1.15. The normalized spacial score (nSPS) is 19.4. The third kappa shape index (κ3) is 4.70. The second kappa shape index (κ2) is 6.95. The van der Waals surface area contributed by atoms with E-state index < -0.39 is 31.1 Å². The lowest BCUT2D eigenvalue weighted by atomic mass is 10.0. The van der Waals surface area contributed by atoms with Gasteiger partial charge in [0.1, 0.15) is 13.2 Å². The van der Waals surface area contributed by atoms with Crippen LogP contribution in [-0.4, -0.2) is 53.7 Å². The Kier molecular flexibility index (Phi) is 5.57. The number of carboxylic acid groups (broad SMARTS) is 1. The number of amides is 3. The number of carbonyl (C=O) groups excluding carboxylic acids is 2. The van der Waals surface area contributed by atoms with Gasteiger partial charge in [0.25, 0.3) is 5.91 Å². The van der Waals surface area contributed by atoms with E-state index in [1.54, 1.807) is 4.90 Å². The lowest BCUT2D eigenvalue weighted by Gasteiger charge is -2.33. The first-order chi connectivity index (χ1) is 8.50. The summed E-state index contributed by atoms with van der Waals surface area (Å²) in [5.74, 6) is -1.78. The zero-order valence-electron chi connectivity index (χ0n) is 10.3. The molecule has 1 atom stereocenters. The molecule has 18 heavy (non-hydrogen) atoms. The fourth-order valence-electron chi connectivity index (χ4n) is 1.86. The average Bonchev–Trinajstić information content (AvgIpc) is 2.28. The molecule has 0 bridgehead atoms. The maximum Gasteiger partial charge on any atom is 0.329 e. The molecule has 7 heteroatoms. The van der Waals surface area contributed by atoms with Gasteiger partial charge in [-0.1, -0.05) is 0 Å². The van der Waals surface area contributed by atoms with Crippen molar-refractivity contribution in [3.63, 3.8) is 0 Å². The van der Waals surface area contributed by atoms with Crippen molar-refractivity contribution in [3.8, 4) is 0 Å². The van der Waals surface area contributed by atoms with Crippen molar-refractivity contribution in [2.45, 2.75) is 32.2 Å². The summed E-state index contributed by atoms with van der Waals surface area (Å²) in [5, 5.41) is 10.5. The predicted molar refractivity (Wildman–Crippen MR) is 62.0 cm³/mol. The molecular weight excluding hydrogens is 240 g/mol. The molecule has 0 saturated carbocycles. The molecule has 1 unspecified atom stereocenters. The van der Waals surface area contributed by atoms with Crippen molar-refractivity contribution in [1.29, 1.82) is 0 Å². The number of hydrogen-bond donors (Lipinski definition) is 2. The highest BCUT2D eigenvalue weighted by Crippen LogP contribution is 2.15. The lowest BCUT2D eigenvalue weighted by Crippen LogP contribution is -2.49. The molecule has 1 saturated heterocycles. The molecule has 0 aromatic carbocycles. The van der Waals surface area contributed by atoms with Crippen LogP contribution < -0.4 is 5.32 Å². The number of aliphatic carboxylic acids is 1. The number of nitrogens with zero attached hydrogens (tertiary/aromatic N) is 1. The Morgan fingerprint density at radius 1 is 1.33 bits per heavy atom. The van der Waals surface area contributed by atoms with Crippen molar-refractivity contribution < 1.29 is 24.2 Å². The van der Waals surface area contributed by atoms with Crippen LogP contribution in [0, 0.1) is 0 Å². The largest absolute Gasteiger partial charge is 0.480 e. The molecule has 102 valence electrons. The summed E-state index contributed by atoms with van der Waals surface area (Å²) in [4.78, 5) is 34.8. The van der Waals surface area contributed by atoms with E-state index in [9.17, 15) is 14.4 Å². The van der Waals surface area contributed by atoms with E-state index in [0.717, 1.165) is 19.3 Å². The van der Waals surface area contributed by atoms with Gasteiger partial charge >= 0.3 is 12.0 Å². The van der Waals surface area contributed by atoms with E-state index in [4.69, 9.17) is 5.11 Å². The van der Waals surface area contributed by atoms with Gasteiger partial charge in [-0.25, -0.2) is 9.59 Å². The fraction of sp³-hybridized carbons (Fsp3) is 0.727. The molecular formula is C11H18N2O5. The second-order valence-corrected chi connectivity index (χ2v) is 4.28. The standard InChI is InChI=1S/C11H18N2O5/c1-8-4-2-3-5-13(8)11(17)12-9(14)6-18-7-10(15)16/h8H,2-7H2,1H3,(H,15,16)(H,12,14,17). The number of carboxylic acids is 1. The van der Waals surface area contributed by atoms with Crippen LogP contribution >= 0.6 is 0 Å². The van der Waals surface area contributed by atoms with Gasteiger partial charge in [0, 0.05) is 12.6 Å². The molecule has 1 fully saturated rings. The smallest absolute Gasteiger partial charge is 0.329 e. The molecule has 0 spiro atoms. The Bertz CT molecular complexity index is 331. The summed E-state index contributed by atoms with van der Waals surface area (Å²) in [6.45, 7) is 1.59. The van der Waals surface area contributed by atoms with Crippen LogP contribution in [0.1, 0.15) is 26.2 Å². The number of rotatable bonds is 4. The third-order valence-electron chi connectivity index (χ3n) is 2.77. The molecule has 3 amide bonds. The van der Waals surface area contributed by atoms with Crippen LogP contribution in [0.15, 0.2) is 0 Å². The lowest BCUT2D eigenvalue weighted by molar-refractivity contribution is -0.143. The number of hydrogen-bond acceptors (Lipinski definition) is 4. The summed E-state index contributed by atoms with van der Waals surface area (Å²) < 4.78 is 4.59. The van der Waals surface area contributed by atoms with Crippen LogP contribution in [0.5, 0.6) is 0 Å². The van der Waals surface area contributed by atoms with Crippen LogP contribution in [0.4, 0.5) is 4.79 Å². The fourth-order valence-corrected chi connectivity index (χ4v) is 1.86. The molecule has 1 heterocycles. The first-order valence-electron chi connectivity index (χ1n) is 5.90. The molecule has 0 aromatic rings. The second-order valence-electron chi connectivity index (χ2n) is 4.28. The maximum absolute atomic E-state index is 11.7. The maximum atomic E-state index is 11.7. The molecule has 1 rings (SSSR count). The van der Waals surface area contributed by atoms with Gasteiger partial charge in [-0.2, -0.15) is 0 Å². The number of nitrogens with one attached hydrogen (secondary N) is 1. The van der Waals surface area contributed by atoms with E-state index in [1.807, 2.05) is 6.92 Å². The summed E-state index contributed by atoms with van der Waals surface area (Å²) in [7, 11) is 0. The number of piperidine rings is 1. The van der Waals surface area contributed by atoms with E-state index >= 15 is 0 Å². The van der Waals surface area contributed by atoms with Gasteiger partial charge in [-0.15, -0.1) is 0 Å². The molecule has 0 radical (unpaired) electrons. The highest BCUT2D eigenvalue weighted by Gasteiger charge is 2.24. The third-order valence-corrected chi connectivity index (χ3v) is 2.77. The molecule has 0 aliphatic carbocycles. The predicted octanol–water partition coefficient (Wildman–Crippen LogP) is 0.198. The van der Waals surface area contributed by atoms with Gasteiger partial charge in [0.15, 0.2) is 0 Å². The zero-order chi connectivity index (χ0) is 13.5. The molecule has 1 aliphatic rings. The van der Waals surface area contributed by atoms with Crippen LogP contribution in [-0.2, 0) is 14.3 Å². The summed E-state index contributed by atoms with van der Waals surface area (Å²) in [6.07, 6.45) is 2.94. The highest BCUT2D eigenvalue weighted by molar-refractivity contribution is 5.95. The van der Waals surface area contributed by atoms with E-state index in [0.29, 0.717) is 6.54 Å². The first kappa shape index (κ1) is 14.4. The van der Waals surface area contributed by atoms with Gasteiger partial charge in [-0.05, 0) is 26.2 Å². The average molecular weight is 258 g/mol. The number of ether oxygens (including phenoxy) is 1. The zero-order valence-corrected chi connectivity index (χ0v) is 10.3. The molecule has 7 nitrogen and oxygen atoms in total. The minimum absolute atomic E-state index is 0.117. The van der Waals surface area contributed by atoms with Crippen LogP contribution in [0.3, 0.4) is 0 Å². The number of likely N-dealkylation sites (tertiary alicyclic amines) is 1.